The number of hydrogen-bond donors (Lipinski definition) is 1. The second kappa shape index (κ2) is 6.74. The van der Waals surface area contributed by atoms with Crippen LogP contribution < -0.4 is 10.5 Å². The molecule has 21 heavy (non-hydrogen) atoms. The van der Waals surface area contributed by atoms with Gasteiger partial charge in [0, 0.05) is 12.7 Å². The number of nitrogens with two attached hydrogens (primary N) is 1. The minimum Gasteiger partial charge on any atom is -0.492 e. The van der Waals surface area contributed by atoms with Gasteiger partial charge in [0.15, 0.2) is 0 Å². The van der Waals surface area contributed by atoms with Crippen molar-refractivity contribution in [2.75, 3.05) is 25.9 Å². The molecule has 110 valence electrons. The fourth-order valence-corrected chi connectivity index (χ4v) is 1.84. The minimum atomic E-state index is -0.485. The van der Waals surface area contributed by atoms with Crippen LogP contribution in [0.15, 0.2) is 48.5 Å². The normalized spacial score (nSPS) is 10.2. The number of nitrogens with zero attached hydrogens (tertiary/aromatic N) is 1. The maximum absolute atomic E-state index is 13.2. The highest BCUT2D eigenvalue weighted by molar-refractivity contribution is 5.98. The molecule has 2 N–H and O–H groups in total. The van der Waals surface area contributed by atoms with E-state index in [0.29, 0.717) is 13.2 Å². The third kappa shape index (κ3) is 3.95. The first kappa shape index (κ1) is 14.8. The lowest BCUT2D eigenvalue weighted by molar-refractivity contribution is 0.0774. The Morgan fingerprint density at radius 2 is 1.95 bits per heavy atom. The van der Waals surface area contributed by atoms with Crippen LogP contribution in [-0.2, 0) is 0 Å². The monoisotopic (exact) mass is 288 g/mol. The molecular weight excluding hydrogens is 271 g/mol. The summed E-state index contributed by atoms with van der Waals surface area (Å²) < 4.78 is 18.7. The van der Waals surface area contributed by atoms with Crippen molar-refractivity contribution in [2.24, 2.45) is 0 Å². The Balaban J connectivity index is 1.92. The highest BCUT2D eigenvalue weighted by Gasteiger charge is 2.15. The van der Waals surface area contributed by atoms with Gasteiger partial charge < -0.3 is 15.4 Å². The molecule has 1 amide bonds. The average Bonchev–Trinajstić information content (AvgIpc) is 2.50. The molecule has 0 fully saturated rings. The molecule has 0 aliphatic heterocycles. The molecular formula is C16H17FN2O2. The van der Waals surface area contributed by atoms with Gasteiger partial charge in [0.25, 0.3) is 5.91 Å². The topological polar surface area (TPSA) is 55.6 Å². The maximum Gasteiger partial charge on any atom is 0.255 e. The Morgan fingerprint density at radius 3 is 2.67 bits per heavy atom. The second-order valence-electron chi connectivity index (χ2n) is 4.62. The van der Waals surface area contributed by atoms with E-state index in [1.165, 1.54) is 17.0 Å². The fourth-order valence-electron chi connectivity index (χ4n) is 1.84. The van der Waals surface area contributed by atoms with Gasteiger partial charge in [-0.25, -0.2) is 4.39 Å². The lowest BCUT2D eigenvalue weighted by atomic mass is 10.1. The number of anilines is 1. The lowest BCUT2D eigenvalue weighted by Crippen LogP contribution is -2.31. The molecule has 2 aromatic carbocycles. The van der Waals surface area contributed by atoms with Crippen molar-refractivity contribution in [3.63, 3.8) is 0 Å². The van der Waals surface area contributed by atoms with Gasteiger partial charge in [-0.05, 0) is 30.3 Å². The van der Waals surface area contributed by atoms with Gasteiger partial charge in [0.05, 0.1) is 12.1 Å². The van der Waals surface area contributed by atoms with Gasteiger partial charge in [0.1, 0.15) is 18.2 Å². The fraction of sp³-hybridized carbons (Fsp3) is 0.188. The van der Waals surface area contributed by atoms with Gasteiger partial charge in [-0.1, -0.05) is 18.2 Å². The van der Waals surface area contributed by atoms with Crippen molar-refractivity contribution in [2.45, 2.75) is 0 Å². The first-order valence-corrected chi connectivity index (χ1v) is 6.56. The van der Waals surface area contributed by atoms with E-state index in [4.69, 9.17) is 10.5 Å². The van der Waals surface area contributed by atoms with Crippen LogP contribution in [0.5, 0.6) is 5.75 Å². The molecule has 2 aromatic rings. The number of hydrogen-bond acceptors (Lipinski definition) is 3. The van der Waals surface area contributed by atoms with Crippen molar-refractivity contribution in [1.29, 1.82) is 0 Å². The van der Waals surface area contributed by atoms with Gasteiger partial charge in [-0.3, -0.25) is 4.79 Å². The van der Waals surface area contributed by atoms with Crippen molar-refractivity contribution < 1.29 is 13.9 Å². The van der Waals surface area contributed by atoms with Crippen molar-refractivity contribution >= 4 is 11.6 Å². The summed E-state index contributed by atoms with van der Waals surface area (Å²) in [7, 11) is 1.63. The van der Waals surface area contributed by atoms with E-state index in [1.54, 1.807) is 7.05 Å². The van der Waals surface area contributed by atoms with E-state index in [-0.39, 0.29) is 17.2 Å². The third-order valence-corrected chi connectivity index (χ3v) is 3.03. The van der Waals surface area contributed by atoms with E-state index in [1.807, 2.05) is 30.3 Å². The predicted molar refractivity (Wildman–Crippen MR) is 79.7 cm³/mol. The summed E-state index contributed by atoms with van der Waals surface area (Å²) in [6.45, 7) is 0.727. The number of nitrogen functional groups attached to an aromatic ring is 1. The molecule has 0 atom stereocenters. The first-order chi connectivity index (χ1) is 10.1. The van der Waals surface area contributed by atoms with Crippen LogP contribution in [0.3, 0.4) is 0 Å². The molecule has 0 heterocycles. The number of rotatable bonds is 5. The van der Waals surface area contributed by atoms with Crippen LogP contribution >= 0.6 is 0 Å². The lowest BCUT2D eigenvalue weighted by Gasteiger charge is -2.18. The molecule has 0 saturated heterocycles. The predicted octanol–water partition coefficient (Wildman–Crippen LogP) is 2.56. The van der Waals surface area contributed by atoms with Crippen LogP contribution in [0.4, 0.5) is 10.1 Å². The number of halogens is 1. The van der Waals surface area contributed by atoms with E-state index < -0.39 is 5.82 Å². The van der Waals surface area contributed by atoms with Crippen LogP contribution in [0.2, 0.25) is 0 Å². The molecule has 0 radical (unpaired) electrons. The SMILES string of the molecule is CN(CCOc1ccccc1)C(=O)c1cc(F)ccc1N. The van der Waals surface area contributed by atoms with E-state index in [0.717, 1.165) is 11.8 Å². The highest BCUT2D eigenvalue weighted by atomic mass is 19.1. The summed E-state index contributed by atoms with van der Waals surface area (Å²) in [5, 5.41) is 0. The standard InChI is InChI=1S/C16H17FN2O2/c1-19(9-10-21-13-5-3-2-4-6-13)16(20)14-11-12(17)7-8-15(14)18/h2-8,11H,9-10,18H2,1H3. The Labute approximate surface area is 122 Å². The summed E-state index contributed by atoms with van der Waals surface area (Å²) in [6, 6.07) is 13.1. The molecule has 0 aliphatic rings. The molecule has 4 nitrogen and oxygen atoms in total. The highest BCUT2D eigenvalue weighted by Crippen LogP contribution is 2.15. The van der Waals surface area contributed by atoms with Gasteiger partial charge in [-0.2, -0.15) is 0 Å². The first-order valence-electron chi connectivity index (χ1n) is 6.56. The molecule has 0 unspecified atom stereocenters. The summed E-state index contributed by atoms with van der Waals surface area (Å²) in [5.41, 5.74) is 6.13. The van der Waals surface area contributed by atoms with Crippen LogP contribution in [-0.4, -0.2) is 31.0 Å². The summed E-state index contributed by atoms with van der Waals surface area (Å²) in [4.78, 5) is 13.6. The Kier molecular flexibility index (Phi) is 4.77. The molecule has 0 spiro atoms. The Hall–Kier alpha value is -2.56. The maximum atomic E-state index is 13.2. The van der Waals surface area contributed by atoms with Gasteiger partial charge in [-0.15, -0.1) is 0 Å². The number of ether oxygens (including phenoxy) is 1. The zero-order valence-corrected chi connectivity index (χ0v) is 11.8. The summed E-state index contributed by atoms with van der Waals surface area (Å²) >= 11 is 0. The van der Waals surface area contributed by atoms with E-state index in [2.05, 4.69) is 0 Å². The molecule has 2 rings (SSSR count). The smallest absolute Gasteiger partial charge is 0.255 e. The van der Waals surface area contributed by atoms with Gasteiger partial charge in [0.2, 0.25) is 0 Å². The largest absolute Gasteiger partial charge is 0.492 e. The Bertz CT molecular complexity index is 617. The number of likely N-dealkylation sites (N-methyl/N-ethyl adjacent to an activating group) is 1. The molecule has 0 saturated carbocycles. The summed E-state index contributed by atoms with van der Waals surface area (Å²) in [6.07, 6.45) is 0. The number of carbonyl (C=O) groups excluding carboxylic acids is 1. The van der Waals surface area contributed by atoms with E-state index in [9.17, 15) is 9.18 Å². The number of carbonyl (C=O) groups is 1. The third-order valence-electron chi connectivity index (χ3n) is 3.03. The zero-order chi connectivity index (χ0) is 15.2. The van der Waals surface area contributed by atoms with Crippen LogP contribution in [0, 0.1) is 5.82 Å². The van der Waals surface area contributed by atoms with Crippen molar-refractivity contribution in [3.8, 4) is 5.75 Å². The zero-order valence-electron chi connectivity index (χ0n) is 11.8. The molecule has 0 aromatic heterocycles. The Morgan fingerprint density at radius 1 is 1.24 bits per heavy atom. The average molecular weight is 288 g/mol. The number of para-hydroxylation sites is 1. The molecule has 0 aliphatic carbocycles. The molecule has 0 bridgehead atoms. The van der Waals surface area contributed by atoms with E-state index >= 15 is 0 Å². The van der Waals surface area contributed by atoms with Crippen molar-refractivity contribution in [3.05, 3.63) is 59.9 Å². The second-order valence-corrected chi connectivity index (χ2v) is 4.62. The van der Waals surface area contributed by atoms with Crippen LogP contribution in [0.1, 0.15) is 10.4 Å². The van der Waals surface area contributed by atoms with Crippen LogP contribution in [0.25, 0.3) is 0 Å². The van der Waals surface area contributed by atoms with Crippen molar-refractivity contribution in [1.82, 2.24) is 4.90 Å². The number of amides is 1. The van der Waals surface area contributed by atoms with Gasteiger partial charge >= 0.3 is 0 Å². The molecule has 5 heteroatoms. The minimum absolute atomic E-state index is 0.164. The quantitative estimate of drug-likeness (QED) is 0.860. The summed E-state index contributed by atoms with van der Waals surface area (Å²) in [5.74, 6) is -0.0752. The number of benzene rings is 2.